The molecule has 258 valence electrons. The summed E-state index contributed by atoms with van der Waals surface area (Å²) in [6.07, 6.45) is 8.02. The van der Waals surface area contributed by atoms with Gasteiger partial charge in [0.15, 0.2) is 0 Å². The van der Waals surface area contributed by atoms with Crippen molar-refractivity contribution in [3.63, 3.8) is 0 Å². The van der Waals surface area contributed by atoms with E-state index in [2.05, 4.69) is 4.90 Å². The SMILES string of the molecule is CN(CCCCN1C(=O)CC2(CCCC2)CC1=O)CCc1ccc(N)c(C(F)(F)F)c1.O=C(O)C(=O)O.O=C(O)C1CCCCC1. The van der Waals surface area contributed by atoms with Crippen LogP contribution in [0, 0.1) is 11.3 Å². The Balaban J connectivity index is 0.000000402. The summed E-state index contributed by atoms with van der Waals surface area (Å²) in [6, 6.07) is 4.05. The monoisotopic (exact) mass is 657 g/mol. The highest BCUT2D eigenvalue weighted by atomic mass is 19.4. The van der Waals surface area contributed by atoms with Crippen LogP contribution in [0.3, 0.4) is 0 Å². The van der Waals surface area contributed by atoms with Crippen molar-refractivity contribution in [1.82, 2.24) is 9.80 Å². The number of carbonyl (C=O) groups is 5. The molecule has 1 spiro atoms. The molecular weight excluding hydrogens is 611 g/mol. The highest BCUT2D eigenvalue weighted by Crippen LogP contribution is 2.47. The van der Waals surface area contributed by atoms with E-state index < -0.39 is 29.6 Å². The highest BCUT2D eigenvalue weighted by Gasteiger charge is 2.44. The maximum absolute atomic E-state index is 13.0. The van der Waals surface area contributed by atoms with Crippen LogP contribution in [0.5, 0.6) is 0 Å². The van der Waals surface area contributed by atoms with E-state index in [4.69, 9.17) is 30.6 Å². The molecule has 1 saturated heterocycles. The first kappa shape index (κ1) is 38.5. The van der Waals surface area contributed by atoms with Crippen LogP contribution < -0.4 is 5.73 Å². The van der Waals surface area contributed by atoms with E-state index in [0.29, 0.717) is 37.9 Å². The number of hydrogen-bond donors (Lipinski definition) is 4. The minimum Gasteiger partial charge on any atom is -0.481 e. The molecule has 2 aliphatic carbocycles. The number of likely N-dealkylation sites (N-methyl/N-ethyl adjacent to an activating group) is 1. The summed E-state index contributed by atoms with van der Waals surface area (Å²) in [5, 5.41) is 23.3. The predicted molar refractivity (Wildman–Crippen MR) is 163 cm³/mol. The number of carboxylic acid groups (broad SMARTS) is 3. The Bertz CT molecular complexity index is 1180. The first-order chi connectivity index (χ1) is 21.5. The summed E-state index contributed by atoms with van der Waals surface area (Å²) < 4.78 is 39.0. The Morgan fingerprint density at radius 3 is 1.96 bits per heavy atom. The highest BCUT2D eigenvalue weighted by molar-refractivity contribution is 6.27. The number of nitrogens with two attached hydrogens (primary N) is 1. The van der Waals surface area contributed by atoms with E-state index in [0.717, 1.165) is 76.8 Å². The lowest BCUT2D eigenvalue weighted by atomic mass is 9.76. The second kappa shape index (κ2) is 17.9. The van der Waals surface area contributed by atoms with Crippen LogP contribution in [0.25, 0.3) is 0 Å². The second-order valence-corrected chi connectivity index (χ2v) is 12.5. The maximum atomic E-state index is 13.0. The quantitative estimate of drug-likeness (QED) is 0.121. The molecule has 2 saturated carbocycles. The van der Waals surface area contributed by atoms with E-state index >= 15 is 0 Å². The molecular formula is C32H46F3N3O8. The third kappa shape index (κ3) is 12.6. The fourth-order valence-electron chi connectivity index (χ4n) is 6.20. The van der Waals surface area contributed by atoms with Gasteiger partial charge in [0.2, 0.25) is 11.8 Å². The van der Waals surface area contributed by atoms with E-state index in [-0.39, 0.29) is 28.8 Å². The Kier molecular flexibility index (Phi) is 15.0. The van der Waals surface area contributed by atoms with Crippen LogP contribution in [-0.4, -0.2) is 81.5 Å². The van der Waals surface area contributed by atoms with Gasteiger partial charge in [-0.3, -0.25) is 19.3 Å². The molecule has 0 atom stereocenters. The van der Waals surface area contributed by atoms with E-state index in [9.17, 15) is 27.6 Å². The molecule has 1 aromatic carbocycles. The number of alkyl halides is 3. The average Bonchev–Trinajstić information content (AvgIpc) is 3.43. The summed E-state index contributed by atoms with van der Waals surface area (Å²) in [7, 11) is 1.92. The van der Waals surface area contributed by atoms with Gasteiger partial charge in [-0.2, -0.15) is 13.2 Å². The topological polar surface area (TPSA) is 179 Å². The molecule has 11 nitrogen and oxygen atoms in total. The van der Waals surface area contributed by atoms with E-state index in [1.54, 1.807) is 6.07 Å². The van der Waals surface area contributed by atoms with Crippen molar-refractivity contribution >= 4 is 35.4 Å². The number of unbranched alkanes of at least 4 members (excludes halogenated alkanes) is 1. The normalized spacial score (nSPS) is 18.1. The number of aliphatic carboxylic acids is 3. The maximum Gasteiger partial charge on any atom is 0.418 e. The molecule has 3 aliphatic rings. The number of piperidine rings is 1. The minimum absolute atomic E-state index is 0.0289. The van der Waals surface area contributed by atoms with Crippen LogP contribution in [0.4, 0.5) is 18.9 Å². The lowest BCUT2D eigenvalue weighted by molar-refractivity contribution is -0.159. The van der Waals surface area contributed by atoms with Crippen molar-refractivity contribution in [3.8, 4) is 0 Å². The van der Waals surface area contributed by atoms with Crippen molar-refractivity contribution in [1.29, 1.82) is 0 Å². The summed E-state index contributed by atoms with van der Waals surface area (Å²) in [5.41, 5.74) is 4.92. The molecule has 0 radical (unpaired) electrons. The van der Waals surface area contributed by atoms with Gasteiger partial charge < -0.3 is 26.0 Å². The fourth-order valence-corrected chi connectivity index (χ4v) is 6.20. The van der Waals surface area contributed by atoms with E-state index in [1.165, 1.54) is 17.4 Å². The Labute approximate surface area is 266 Å². The molecule has 1 heterocycles. The van der Waals surface area contributed by atoms with Gasteiger partial charge in [0.25, 0.3) is 0 Å². The number of halogens is 3. The summed E-state index contributed by atoms with van der Waals surface area (Å²) in [6.45, 7) is 1.82. The molecule has 3 fully saturated rings. The van der Waals surface area contributed by atoms with Crippen LogP contribution in [0.1, 0.15) is 94.6 Å². The number of nitrogens with zero attached hydrogens (tertiary/aromatic N) is 2. The Hall–Kier alpha value is -3.68. The van der Waals surface area contributed by atoms with Gasteiger partial charge in [-0.15, -0.1) is 0 Å². The van der Waals surface area contributed by atoms with Gasteiger partial charge >= 0.3 is 24.1 Å². The number of likely N-dealkylation sites (tertiary alicyclic amines) is 1. The molecule has 0 aromatic heterocycles. The van der Waals surface area contributed by atoms with Crippen molar-refractivity contribution < 1.29 is 52.5 Å². The predicted octanol–water partition coefficient (Wildman–Crippen LogP) is 5.06. The van der Waals surface area contributed by atoms with Gasteiger partial charge in [-0.05, 0) is 81.6 Å². The number of imide groups is 1. The first-order valence-corrected chi connectivity index (χ1v) is 15.7. The lowest BCUT2D eigenvalue weighted by Gasteiger charge is -2.37. The number of carboxylic acids is 3. The smallest absolute Gasteiger partial charge is 0.418 e. The zero-order valence-corrected chi connectivity index (χ0v) is 26.3. The number of anilines is 1. The molecule has 1 aliphatic heterocycles. The van der Waals surface area contributed by atoms with Crippen molar-refractivity contribution in [2.45, 2.75) is 96.1 Å². The molecule has 2 amide bonds. The lowest BCUT2D eigenvalue weighted by Crippen LogP contribution is -2.47. The number of nitrogen functional groups attached to an aromatic ring is 1. The van der Waals surface area contributed by atoms with Gasteiger partial charge in [0, 0.05) is 31.6 Å². The number of benzene rings is 1. The number of hydrogen-bond acceptors (Lipinski definition) is 7. The fraction of sp³-hybridized carbons (Fsp3) is 0.656. The number of amides is 2. The average molecular weight is 658 g/mol. The van der Waals surface area contributed by atoms with Crippen molar-refractivity contribution in [2.24, 2.45) is 11.3 Å². The minimum atomic E-state index is -4.45. The Morgan fingerprint density at radius 2 is 1.48 bits per heavy atom. The van der Waals surface area contributed by atoms with Crippen LogP contribution in [0.2, 0.25) is 0 Å². The van der Waals surface area contributed by atoms with Gasteiger partial charge in [-0.1, -0.05) is 38.2 Å². The standard InChI is InChI=1S/C23H32F3N3O2.C7H12O2.C2H2O4/c1-28(13-8-17-6-7-19(27)18(14-17)23(24,25)26)11-4-5-12-29-20(30)15-22(16-21(29)31)9-2-3-10-22;8-7(9)6-4-2-1-3-5-6;3-1(4)2(5)6/h6-7,14H,2-5,8-13,15-16,27H2,1H3;6H,1-5H2,(H,8,9);(H,3,4)(H,5,6). The summed E-state index contributed by atoms with van der Waals surface area (Å²) in [5.74, 6) is -4.34. The molecule has 0 unspecified atom stereocenters. The third-order valence-electron chi connectivity index (χ3n) is 8.83. The van der Waals surface area contributed by atoms with Gasteiger partial charge in [0.05, 0.1) is 11.5 Å². The molecule has 0 bridgehead atoms. The molecule has 1 aromatic rings. The van der Waals surface area contributed by atoms with Crippen LogP contribution >= 0.6 is 0 Å². The summed E-state index contributed by atoms with van der Waals surface area (Å²) in [4.78, 5) is 57.0. The van der Waals surface area contributed by atoms with Crippen LogP contribution in [0.15, 0.2) is 18.2 Å². The zero-order valence-electron chi connectivity index (χ0n) is 26.3. The molecule has 46 heavy (non-hydrogen) atoms. The second-order valence-electron chi connectivity index (χ2n) is 12.5. The molecule has 5 N–H and O–H groups in total. The van der Waals surface area contributed by atoms with Crippen LogP contribution in [-0.2, 0) is 36.6 Å². The summed E-state index contributed by atoms with van der Waals surface area (Å²) >= 11 is 0. The number of rotatable bonds is 9. The van der Waals surface area contributed by atoms with Gasteiger partial charge in [0.1, 0.15) is 0 Å². The third-order valence-corrected chi connectivity index (χ3v) is 8.83. The first-order valence-electron chi connectivity index (χ1n) is 15.7. The van der Waals surface area contributed by atoms with E-state index in [1.807, 2.05) is 7.05 Å². The Morgan fingerprint density at radius 1 is 0.913 bits per heavy atom. The van der Waals surface area contributed by atoms with Gasteiger partial charge in [-0.25, -0.2) is 9.59 Å². The largest absolute Gasteiger partial charge is 0.481 e. The van der Waals surface area contributed by atoms with Crippen molar-refractivity contribution in [2.75, 3.05) is 32.4 Å². The molecule has 14 heteroatoms. The number of carbonyl (C=O) groups excluding carboxylic acids is 2. The van der Waals surface area contributed by atoms with Crippen molar-refractivity contribution in [3.05, 3.63) is 29.3 Å². The zero-order chi connectivity index (χ0) is 34.5. The molecule has 4 rings (SSSR count).